The summed E-state index contributed by atoms with van der Waals surface area (Å²) in [6.07, 6.45) is 0. The van der Waals surface area contributed by atoms with Crippen LogP contribution in [-0.4, -0.2) is 13.7 Å². The smallest absolute Gasteiger partial charge is 0.143 e. The SMILES string of the molecule is C=C(CNc1c(C#N)cccc1OC)c1ccccc1. The highest BCUT2D eigenvalue weighted by atomic mass is 16.5. The molecule has 2 aromatic rings. The topological polar surface area (TPSA) is 45.0 Å². The van der Waals surface area contributed by atoms with E-state index in [1.54, 1.807) is 19.2 Å². The Bertz CT molecular complexity index is 642. The third kappa shape index (κ3) is 2.99. The summed E-state index contributed by atoms with van der Waals surface area (Å²) < 4.78 is 5.28. The summed E-state index contributed by atoms with van der Waals surface area (Å²) in [5.41, 5.74) is 3.30. The maximum absolute atomic E-state index is 9.15. The first-order chi connectivity index (χ1) is 9.76. The molecule has 0 aliphatic heterocycles. The van der Waals surface area contributed by atoms with Crippen LogP contribution in [-0.2, 0) is 0 Å². The number of nitrogens with one attached hydrogen (secondary N) is 1. The first-order valence-corrected chi connectivity index (χ1v) is 6.30. The van der Waals surface area contributed by atoms with Gasteiger partial charge in [-0.25, -0.2) is 0 Å². The van der Waals surface area contributed by atoms with Crippen molar-refractivity contribution in [2.24, 2.45) is 0 Å². The number of methoxy groups -OCH3 is 1. The quantitative estimate of drug-likeness (QED) is 0.895. The van der Waals surface area contributed by atoms with E-state index in [1.807, 2.05) is 36.4 Å². The first kappa shape index (κ1) is 13.7. The molecule has 3 heteroatoms. The minimum Gasteiger partial charge on any atom is -0.495 e. The summed E-state index contributed by atoms with van der Waals surface area (Å²) in [6, 6.07) is 17.5. The van der Waals surface area contributed by atoms with Crippen LogP contribution in [0.25, 0.3) is 5.57 Å². The average Bonchev–Trinajstić information content (AvgIpc) is 2.52. The third-order valence-corrected chi connectivity index (χ3v) is 3.03. The van der Waals surface area contributed by atoms with Crippen molar-refractivity contribution in [1.29, 1.82) is 5.26 Å². The Hall–Kier alpha value is -2.73. The maximum atomic E-state index is 9.15. The molecule has 0 amide bonds. The molecule has 0 radical (unpaired) electrons. The standard InChI is InChI=1S/C17H16N2O/c1-13(14-7-4-3-5-8-14)12-19-17-15(11-18)9-6-10-16(17)20-2/h3-10,19H,1,12H2,2H3. The van der Waals surface area contributed by atoms with E-state index < -0.39 is 0 Å². The molecule has 0 aliphatic carbocycles. The van der Waals surface area contributed by atoms with Gasteiger partial charge in [-0.05, 0) is 23.3 Å². The van der Waals surface area contributed by atoms with E-state index >= 15 is 0 Å². The van der Waals surface area contributed by atoms with Crippen molar-refractivity contribution < 1.29 is 4.74 Å². The normalized spacial score (nSPS) is 9.60. The second-order valence-corrected chi connectivity index (χ2v) is 4.32. The second kappa shape index (κ2) is 6.44. The highest BCUT2D eigenvalue weighted by Crippen LogP contribution is 2.28. The molecule has 3 nitrogen and oxygen atoms in total. The number of anilines is 1. The molecule has 0 saturated carbocycles. The Balaban J connectivity index is 2.16. The van der Waals surface area contributed by atoms with Crippen molar-refractivity contribution >= 4 is 11.3 Å². The summed E-state index contributed by atoms with van der Waals surface area (Å²) >= 11 is 0. The Kier molecular flexibility index (Phi) is 4.41. The minimum atomic E-state index is 0.555. The summed E-state index contributed by atoms with van der Waals surface area (Å²) in [7, 11) is 1.59. The van der Waals surface area contributed by atoms with Crippen molar-refractivity contribution in [2.75, 3.05) is 19.0 Å². The monoisotopic (exact) mass is 264 g/mol. The van der Waals surface area contributed by atoms with Crippen LogP contribution < -0.4 is 10.1 Å². The molecule has 20 heavy (non-hydrogen) atoms. The van der Waals surface area contributed by atoms with Crippen LogP contribution in [0.1, 0.15) is 11.1 Å². The lowest BCUT2D eigenvalue weighted by Crippen LogP contribution is -2.06. The van der Waals surface area contributed by atoms with Crippen LogP contribution >= 0.6 is 0 Å². The van der Waals surface area contributed by atoms with Crippen molar-refractivity contribution in [1.82, 2.24) is 0 Å². The molecule has 1 N–H and O–H groups in total. The zero-order valence-electron chi connectivity index (χ0n) is 11.4. The van der Waals surface area contributed by atoms with E-state index in [2.05, 4.69) is 18.0 Å². The van der Waals surface area contributed by atoms with E-state index in [9.17, 15) is 0 Å². The molecular weight excluding hydrogens is 248 g/mol. The predicted octanol–water partition coefficient (Wildman–Crippen LogP) is 3.69. The van der Waals surface area contributed by atoms with Crippen molar-refractivity contribution in [3.63, 3.8) is 0 Å². The molecule has 0 saturated heterocycles. The molecule has 0 fully saturated rings. The highest BCUT2D eigenvalue weighted by Gasteiger charge is 2.08. The predicted molar refractivity (Wildman–Crippen MR) is 81.7 cm³/mol. The lowest BCUT2D eigenvalue weighted by atomic mass is 10.1. The number of nitrogens with zero attached hydrogens (tertiary/aromatic N) is 1. The fraction of sp³-hybridized carbons (Fsp3) is 0.118. The van der Waals surface area contributed by atoms with Crippen LogP contribution in [0, 0.1) is 11.3 Å². The molecule has 0 atom stereocenters. The number of nitriles is 1. The van der Waals surface area contributed by atoms with Gasteiger partial charge < -0.3 is 10.1 Å². The van der Waals surface area contributed by atoms with Gasteiger partial charge in [-0.3, -0.25) is 0 Å². The van der Waals surface area contributed by atoms with E-state index in [1.165, 1.54) is 0 Å². The molecule has 0 spiro atoms. The molecule has 0 heterocycles. The molecule has 0 aromatic heterocycles. The van der Waals surface area contributed by atoms with E-state index in [0.717, 1.165) is 11.1 Å². The lowest BCUT2D eigenvalue weighted by Gasteiger charge is -2.14. The first-order valence-electron chi connectivity index (χ1n) is 6.30. The van der Waals surface area contributed by atoms with Crippen molar-refractivity contribution in [3.05, 3.63) is 66.2 Å². The lowest BCUT2D eigenvalue weighted by molar-refractivity contribution is 0.416. The van der Waals surface area contributed by atoms with Crippen LogP contribution in [0.2, 0.25) is 0 Å². The summed E-state index contributed by atoms with van der Waals surface area (Å²) in [4.78, 5) is 0. The average molecular weight is 264 g/mol. The molecule has 100 valence electrons. The summed E-state index contributed by atoms with van der Waals surface area (Å²) in [6.45, 7) is 4.62. The van der Waals surface area contributed by atoms with Crippen molar-refractivity contribution in [3.8, 4) is 11.8 Å². The van der Waals surface area contributed by atoms with Gasteiger partial charge in [-0.2, -0.15) is 5.26 Å². The maximum Gasteiger partial charge on any atom is 0.143 e. The van der Waals surface area contributed by atoms with E-state index in [4.69, 9.17) is 10.00 Å². The van der Waals surface area contributed by atoms with Gasteiger partial charge in [-0.1, -0.05) is 43.0 Å². The number of para-hydroxylation sites is 1. The van der Waals surface area contributed by atoms with Gasteiger partial charge in [-0.15, -0.1) is 0 Å². The van der Waals surface area contributed by atoms with Gasteiger partial charge in [0.05, 0.1) is 18.4 Å². The zero-order valence-corrected chi connectivity index (χ0v) is 11.4. The zero-order chi connectivity index (χ0) is 14.4. The molecule has 0 unspecified atom stereocenters. The van der Waals surface area contributed by atoms with Crippen LogP contribution in [0.15, 0.2) is 55.1 Å². The van der Waals surface area contributed by atoms with Gasteiger partial charge >= 0.3 is 0 Å². The number of benzene rings is 2. The molecule has 2 aromatic carbocycles. The molecular formula is C17H16N2O. The Morgan fingerprint density at radius 1 is 1.20 bits per heavy atom. The third-order valence-electron chi connectivity index (χ3n) is 3.03. The number of hydrogen-bond acceptors (Lipinski definition) is 3. The van der Waals surface area contributed by atoms with Gasteiger partial charge in [0, 0.05) is 6.54 Å². The Morgan fingerprint density at radius 2 is 1.95 bits per heavy atom. The van der Waals surface area contributed by atoms with Crippen LogP contribution in [0.4, 0.5) is 5.69 Å². The fourth-order valence-corrected chi connectivity index (χ4v) is 1.95. The Labute approximate surface area is 119 Å². The van der Waals surface area contributed by atoms with Gasteiger partial charge in [0.25, 0.3) is 0 Å². The largest absolute Gasteiger partial charge is 0.495 e. The molecule has 0 bridgehead atoms. The van der Waals surface area contributed by atoms with E-state index in [-0.39, 0.29) is 0 Å². The van der Waals surface area contributed by atoms with Gasteiger partial charge in [0.1, 0.15) is 11.8 Å². The summed E-state index contributed by atoms with van der Waals surface area (Å²) in [5, 5.41) is 12.4. The Morgan fingerprint density at radius 3 is 2.60 bits per heavy atom. The molecule has 2 rings (SSSR count). The van der Waals surface area contributed by atoms with Crippen LogP contribution in [0.5, 0.6) is 5.75 Å². The second-order valence-electron chi connectivity index (χ2n) is 4.32. The summed E-state index contributed by atoms with van der Waals surface area (Å²) in [5.74, 6) is 0.657. The van der Waals surface area contributed by atoms with E-state index in [0.29, 0.717) is 23.5 Å². The minimum absolute atomic E-state index is 0.555. The number of ether oxygens (including phenoxy) is 1. The highest BCUT2D eigenvalue weighted by molar-refractivity contribution is 5.72. The fourth-order valence-electron chi connectivity index (χ4n) is 1.95. The molecule has 0 aliphatic rings. The number of hydrogen-bond donors (Lipinski definition) is 1. The van der Waals surface area contributed by atoms with Gasteiger partial charge in [0.15, 0.2) is 0 Å². The van der Waals surface area contributed by atoms with Crippen LogP contribution in [0.3, 0.4) is 0 Å². The number of rotatable bonds is 5. The van der Waals surface area contributed by atoms with Crippen molar-refractivity contribution in [2.45, 2.75) is 0 Å². The van der Waals surface area contributed by atoms with Gasteiger partial charge in [0.2, 0.25) is 0 Å².